The van der Waals surface area contributed by atoms with Crippen molar-refractivity contribution in [2.24, 2.45) is 17.8 Å². The number of carbonyl (C=O) groups excluding carboxylic acids is 3. The molecule has 27 heteroatoms. The Kier molecular flexibility index (Phi) is 24.4. The minimum absolute atomic E-state index is 0. The number of hydrogen-bond acceptors (Lipinski definition) is 17. The molecule has 4 bridgehead atoms. The number of halogens is 7. The van der Waals surface area contributed by atoms with Crippen LogP contribution in [0.25, 0.3) is 0 Å². The molecule has 4 fully saturated rings. The molecule has 45 heavy (non-hydrogen) atoms. The zero-order chi connectivity index (χ0) is 32.4. The van der Waals surface area contributed by atoms with Crippen molar-refractivity contribution >= 4 is 59.8 Å². The number of hydrogen-bond donors (Lipinski definition) is 1. The predicted molar refractivity (Wildman–Crippen MR) is 119 cm³/mol. The molecule has 0 radical (unpaired) electrons. The van der Waals surface area contributed by atoms with Gasteiger partial charge in [-0.15, -0.1) is 4.33 Å². The van der Waals surface area contributed by atoms with E-state index in [1.807, 2.05) is 0 Å². The van der Waals surface area contributed by atoms with Gasteiger partial charge in [0, 0.05) is 11.8 Å². The van der Waals surface area contributed by atoms with Crippen molar-refractivity contribution in [3.05, 3.63) is 0 Å². The number of ketones is 1. The number of aliphatic carboxylic acids is 1. The van der Waals surface area contributed by atoms with Gasteiger partial charge in [-0.05, 0) is 47.6 Å². The molecule has 4 aliphatic carbocycles. The standard InChI is InChI=1S/C12H14F2O6S.C3H3F3O4S.C2H2F2O5S.CH4.2Na/c13-12(14,21-20-19-17)10(16)18-11-3-6-1-7(4-11)9(15)8(2-6)5-11;1-8-2(7)3(4,5)11-10-9-6;3-2(4,1(5)6)10-9-8-7;;;/h6-8,17H,1-5H2;1H3;7H,(H,5,6);1H4;;/q;;;;2*+1/p-2. The van der Waals surface area contributed by atoms with Gasteiger partial charge in [0.25, 0.3) is 0 Å². The van der Waals surface area contributed by atoms with E-state index in [1.54, 1.807) is 0 Å². The van der Waals surface area contributed by atoms with Crippen LogP contribution >= 0.6 is 36.1 Å². The van der Waals surface area contributed by atoms with E-state index >= 15 is 0 Å². The summed E-state index contributed by atoms with van der Waals surface area (Å²) >= 11 is -2.37. The van der Waals surface area contributed by atoms with E-state index in [4.69, 9.17) is 15.1 Å². The van der Waals surface area contributed by atoms with E-state index in [0.29, 0.717) is 19.3 Å². The van der Waals surface area contributed by atoms with Gasteiger partial charge in [0.2, 0.25) is 0 Å². The first-order valence-corrected chi connectivity index (χ1v) is 12.8. The molecule has 1 N–H and O–H groups in total. The minimum Gasteiger partial charge on any atom is -0.691 e. The Morgan fingerprint density at radius 3 is 1.64 bits per heavy atom. The third kappa shape index (κ3) is 15.6. The van der Waals surface area contributed by atoms with Crippen LogP contribution in [0.15, 0.2) is 0 Å². The van der Waals surface area contributed by atoms with Crippen LogP contribution in [0.5, 0.6) is 0 Å². The Hall–Kier alpha value is 0.320. The molecule has 2 unspecified atom stereocenters. The number of ether oxygens (including phenoxy) is 2. The normalized spacial score (nSPS) is 23.0. The van der Waals surface area contributed by atoms with Gasteiger partial charge in [-0.2, -0.15) is 35.0 Å². The van der Waals surface area contributed by atoms with Crippen LogP contribution in [0.2, 0.25) is 0 Å². The SMILES string of the molecule is C.COC(=O)C(F)(F)SOOF.O=C(O)C(F)(F)SOO[O-].O=C1C2CC3CC1CC(OC(=O)C(F)(F)SOO[O-])(C3)C2.[Na+].[Na+]. The summed E-state index contributed by atoms with van der Waals surface area (Å²) in [6.07, 6.45) is 2.65. The largest absolute Gasteiger partial charge is 1.00 e. The maximum Gasteiger partial charge on any atom is 1.00 e. The van der Waals surface area contributed by atoms with Crippen LogP contribution in [0.1, 0.15) is 39.5 Å². The number of carboxylic acid groups (broad SMARTS) is 1. The summed E-state index contributed by atoms with van der Waals surface area (Å²) in [4.78, 5) is 43.2. The fourth-order valence-electron chi connectivity index (χ4n) is 4.45. The van der Waals surface area contributed by atoms with Crippen LogP contribution in [-0.2, 0) is 56.8 Å². The molecule has 15 nitrogen and oxygen atoms in total. The summed E-state index contributed by atoms with van der Waals surface area (Å²) < 4.78 is 104. The smallest absolute Gasteiger partial charge is 0.691 e. The van der Waals surface area contributed by atoms with Crippen molar-refractivity contribution in [2.45, 2.75) is 60.9 Å². The van der Waals surface area contributed by atoms with Crippen LogP contribution in [0, 0.1) is 17.8 Å². The first-order chi connectivity index (χ1) is 19.4. The molecule has 0 amide bonds. The topological polar surface area (TPSA) is 208 Å². The number of carboxylic acids is 1. The molecular weight excluding hydrogens is 731 g/mol. The molecule has 0 aromatic rings. The van der Waals surface area contributed by atoms with Gasteiger partial charge in [0.05, 0.1) is 7.11 Å². The van der Waals surface area contributed by atoms with E-state index in [-0.39, 0.29) is 90.1 Å². The Labute approximate surface area is 305 Å². The van der Waals surface area contributed by atoms with Crippen molar-refractivity contribution in [1.82, 2.24) is 0 Å². The number of Topliss-reactive ketones (excluding diaryl/α,β-unsaturated/α-hetero) is 1. The van der Waals surface area contributed by atoms with Gasteiger partial charge < -0.3 is 25.1 Å². The average molecular weight is 753 g/mol. The maximum absolute atomic E-state index is 13.4. The van der Waals surface area contributed by atoms with Crippen molar-refractivity contribution in [2.75, 3.05) is 7.11 Å². The van der Waals surface area contributed by atoms with E-state index in [2.05, 4.69) is 32.9 Å². The summed E-state index contributed by atoms with van der Waals surface area (Å²) in [6, 6.07) is 0. The third-order valence-corrected chi connectivity index (χ3v) is 7.16. The van der Waals surface area contributed by atoms with E-state index in [9.17, 15) is 55.3 Å². The minimum atomic E-state index is -4.16. The van der Waals surface area contributed by atoms with Crippen LogP contribution in [0.4, 0.5) is 30.9 Å². The van der Waals surface area contributed by atoms with Crippen LogP contribution < -0.4 is 69.6 Å². The molecule has 4 rings (SSSR count). The average Bonchev–Trinajstić information content (AvgIpc) is 2.92. The van der Waals surface area contributed by atoms with E-state index in [1.165, 1.54) is 0 Å². The summed E-state index contributed by atoms with van der Waals surface area (Å²) in [5.74, 6) is -5.98. The van der Waals surface area contributed by atoms with Gasteiger partial charge >= 0.3 is 92.8 Å². The van der Waals surface area contributed by atoms with Crippen molar-refractivity contribution in [1.29, 1.82) is 0 Å². The Balaban J connectivity index is -0.000000634. The molecule has 0 spiro atoms. The number of carbonyl (C=O) groups is 4. The van der Waals surface area contributed by atoms with Gasteiger partial charge in [-0.25, -0.2) is 14.4 Å². The first kappa shape index (κ1) is 49.7. The number of methoxy groups -OCH3 is 1. The van der Waals surface area contributed by atoms with Gasteiger partial charge in [-0.3, -0.25) is 14.9 Å². The molecular formula is C18H21F7Na2O15S3. The summed E-state index contributed by atoms with van der Waals surface area (Å²) in [5.41, 5.74) is -0.982. The van der Waals surface area contributed by atoms with Crippen molar-refractivity contribution in [3.8, 4) is 0 Å². The molecule has 0 aromatic heterocycles. The van der Waals surface area contributed by atoms with Crippen molar-refractivity contribution in [3.63, 3.8) is 0 Å². The quantitative estimate of drug-likeness (QED) is 0.0485. The van der Waals surface area contributed by atoms with Gasteiger partial charge in [0.1, 0.15) is 47.5 Å². The van der Waals surface area contributed by atoms with Crippen LogP contribution in [-0.4, -0.2) is 57.3 Å². The Bertz CT molecular complexity index is 943. The first-order valence-electron chi connectivity index (χ1n) is 10.5. The number of esters is 2. The summed E-state index contributed by atoms with van der Waals surface area (Å²) in [7, 11) is 0.757. The zero-order valence-corrected chi connectivity index (χ0v) is 28.8. The fourth-order valence-corrected chi connectivity index (χ4v) is 5.12. The second-order valence-electron chi connectivity index (χ2n) is 8.32. The van der Waals surface area contributed by atoms with Gasteiger partial charge in [0.15, 0.2) is 0 Å². The molecule has 4 saturated carbocycles. The summed E-state index contributed by atoms with van der Waals surface area (Å²) in [5, 5.41) is 21.7. The molecule has 2 atom stereocenters. The second-order valence-corrected chi connectivity index (χ2v) is 10.8. The molecule has 0 saturated heterocycles. The van der Waals surface area contributed by atoms with Gasteiger partial charge in [-0.1, -0.05) is 7.43 Å². The molecule has 0 aliphatic heterocycles. The predicted octanol–water partition coefficient (Wildman–Crippen LogP) is -3.45. The second kappa shape index (κ2) is 22.1. The Morgan fingerprint density at radius 1 is 0.822 bits per heavy atom. The number of alkyl halides is 6. The monoisotopic (exact) mass is 752 g/mol. The molecule has 0 aromatic carbocycles. The summed E-state index contributed by atoms with van der Waals surface area (Å²) in [6.45, 7) is 0. The van der Waals surface area contributed by atoms with E-state index in [0.717, 1.165) is 20.0 Å². The Morgan fingerprint density at radius 2 is 1.24 bits per heavy atom. The molecule has 4 aliphatic rings. The number of rotatable bonds is 13. The third-order valence-electron chi connectivity index (χ3n) is 5.65. The molecule has 252 valence electrons. The van der Waals surface area contributed by atoms with E-state index < -0.39 is 75.4 Å². The zero-order valence-electron chi connectivity index (χ0n) is 22.3. The van der Waals surface area contributed by atoms with Crippen LogP contribution in [0.3, 0.4) is 0 Å². The molecule has 0 heterocycles. The maximum atomic E-state index is 13.4. The van der Waals surface area contributed by atoms with Crippen molar-refractivity contribution < 1.29 is 162 Å². The fraction of sp³-hybridized carbons (Fsp3) is 0.778.